The highest BCUT2D eigenvalue weighted by atomic mass is 28.3. The molecule has 1 aromatic heterocycles. The summed E-state index contributed by atoms with van der Waals surface area (Å²) < 4.78 is 14.3. The van der Waals surface area contributed by atoms with Crippen molar-refractivity contribution in [2.75, 3.05) is 18.6 Å². The summed E-state index contributed by atoms with van der Waals surface area (Å²) in [4.78, 5) is 13.7. The lowest BCUT2D eigenvalue weighted by atomic mass is 9.95. The first kappa shape index (κ1) is 31.6. The second kappa shape index (κ2) is 14.3. The molecule has 0 spiro atoms. The molecule has 44 heavy (non-hydrogen) atoms. The molecular formula is C35H44N4O4Si. The maximum Gasteiger partial charge on any atom is 0.218 e. The Morgan fingerprint density at radius 1 is 0.977 bits per heavy atom. The van der Waals surface area contributed by atoms with Crippen LogP contribution in [-0.2, 0) is 28.9 Å². The lowest BCUT2D eigenvalue weighted by molar-refractivity contribution is -0.106. The number of amides is 1. The third-order valence-corrected chi connectivity index (χ3v) is 13.6. The van der Waals surface area contributed by atoms with Crippen molar-refractivity contribution in [1.82, 2.24) is 15.0 Å². The molecule has 1 fully saturated rings. The van der Waals surface area contributed by atoms with E-state index in [-0.39, 0.29) is 18.8 Å². The van der Waals surface area contributed by atoms with E-state index in [1.807, 2.05) is 53.3 Å². The van der Waals surface area contributed by atoms with E-state index in [1.54, 1.807) is 12.0 Å². The molecule has 1 aliphatic heterocycles. The van der Waals surface area contributed by atoms with Crippen molar-refractivity contribution in [1.29, 1.82) is 0 Å². The van der Waals surface area contributed by atoms with Crippen molar-refractivity contribution < 1.29 is 19.4 Å². The molecule has 1 saturated heterocycles. The standard InChI is InChI=1S/C35H44N4O4Si/c1-26-33(18-13-27-9-8-12-30(23-27)39(25-41)29-10-6-5-7-11-29)43-34(19-21-38-24-28(20-22-40)36-37-38)35(26)44(3,4)32-16-14-31(42-2)15-17-32/h5-12,14-17,23-26,33-35,40H,13,18-22H2,1-4H3/t26-,33+,34-,35+/m1/s1. The molecule has 0 unspecified atom stereocenters. The number of aromatic nitrogens is 3. The van der Waals surface area contributed by atoms with E-state index in [4.69, 9.17) is 9.47 Å². The largest absolute Gasteiger partial charge is 0.497 e. The number of aliphatic hydroxyl groups is 1. The van der Waals surface area contributed by atoms with Gasteiger partial charge in [0.1, 0.15) is 5.75 Å². The van der Waals surface area contributed by atoms with Crippen molar-refractivity contribution in [2.24, 2.45) is 5.92 Å². The third-order valence-electron chi connectivity index (χ3n) is 9.21. The van der Waals surface area contributed by atoms with E-state index in [0.29, 0.717) is 17.9 Å². The van der Waals surface area contributed by atoms with Gasteiger partial charge in [-0.25, -0.2) is 0 Å². The quantitative estimate of drug-likeness (QED) is 0.149. The minimum absolute atomic E-state index is 0.0652. The van der Waals surface area contributed by atoms with Crippen molar-refractivity contribution in [3.63, 3.8) is 0 Å². The van der Waals surface area contributed by atoms with Gasteiger partial charge in [0, 0.05) is 37.1 Å². The number of benzene rings is 3. The fraction of sp³-hybridized carbons (Fsp3) is 0.400. The number of rotatable bonds is 14. The second-order valence-electron chi connectivity index (χ2n) is 12.3. The number of nitrogens with zero attached hydrogens (tertiary/aromatic N) is 4. The van der Waals surface area contributed by atoms with Crippen LogP contribution in [0.25, 0.3) is 0 Å². The van der Waals surface area contributed by atoms with Crippen LogP contribution in [0.2, 0.25) is 18.6 Å². The predicted octanol–water partition coefficient (Wildman–Crippen LogP) is 5.53. The zero-order chi connectivity index (χ0) is 31.1. The van der Waals surface area contributed by atoms with E-state index in [0.717, 1.165) is 55.0 Å². The summed E-state index contributed by atoms with van der Waals surface area (Å²) >= 11 is 0. The number of anilines is 2. The minimum Gasteiger partial charge on any atom is -0.497 e. The Hall–Kier alpha value is -3.79. The monoisotopic (exact) mass is 612 g/mol. The first-order valence-electron chi connectivity index (χ1n) is 15.5. The number of methoxy groups -OCH3 is 1. The summed E-state index contributed by atoms with van der Waals surface area (Å²) in [6.07, 6.45) is 6.15. The van der Waals surface area contributed by atoms with Gasteiger partial charge in [-0.1, -0.05) is 72.9 Å². The smallest absolute Gasteiger partial charge is 0.218 e. The van der Waals surface area contributed by atoms with Gasteiger partial charge in [0.05, 0.1) is 33.1 Å². The van der Waals surface area contributed by atoms with E-state index in [1.165, 1.54) is 10.8 Å². The zero-order valence-electron chi connectivity index (χ0n) is 26.2. The Morgan fingerprint density at radius 2 is 1.73 bits per heavy atom. The number of ether oxygens (including phenoxy) is 2. The fourth-order valence-electron chi connectivity index (χ4n) is 6.88. The van der Waals surface area contributed by atoms with E-state index >= 15 is 0 Å². The molecule has 0 aliphatic carbocycles. The molecular weight excluding hydrogens is 568 g/mol. The van der Waals surface area contributed by atoms with Crippen molar-refractivity contribution in [2.45, 2.75) is 70.0 Å². The molecule has 8 nitrogen and oxygen atoms in total. The van der Waals surface area contributed by atoms with Crippen LogP contribution in [0.4, 0.5) is 11.4 Å². The van der Waals surface area contributed by atoms with Gasteiger partial charge >= 0.3 is 0 Å². The number of hydrogen-bond donors (Lipinski definition) is 1. The van der Waals surface area contributed by atoms with Crippen LogP contribution in [0, 0.1) is 5.92 Å². The summed E-state index contributed by atoms with van der Waals surface area (Å²) in [6.45, 7) is 8.07. The lowest BCUT2D eigenvalue weighted by Crippen LogP contribution is -2.50. The molecule has 4 aromatic rings. The summed E-state index contributed by atoms with van der Waals surface area (Å²) in [5.41, 5.74) is 4.11. The summed E-state index contributed by atoms with van der Waals surface area (Å²) in [5, 5.41) is 19.2. The Kier molecular flexibility index (Phi) is 10.3. The third kappa shape index (κ3) is 7.12. The Labute approximate surface area is 261 Å². The van der Waals surface area contributed by atoms with E-state index < -0.39 is 8.07 Å². The van der Waals surface area contributed by atoms with Crippen LogP contribution in [0.3, 0.4) is 0 Å². The van der Waals surface area contributed by atoms with Gasteiger partial charge in [0.15, 0.2) is 0 Å². The number of hydrogen-bond acceptors (Lipinski definition) is 6. The number of para-hydroxylation sites is 1. The molecule has 9 heteroatoms. The maximum absolute atomic E-state index is 12.0. The number of carbonyl (C=O) groups is 1. The van der Waals surface area contributed by atoms with Crippen LogP contribution in [0.1, 0.15) is 31.0 Å². The molecule has 1 N–H and O–H groups in total. The van der Waals surface area contributed by atoms with Crippen LogP contribution >= 0.6 is 0 Å². The van der Waals surface area contributed by atoms with Crippen molar-refractivity contribution in [3.05, 3.63) is 96.3 Å². The first-order valence-corrected chi connectivity index (χ1v) is 18.6. The van der Waals surface area contributed by atoms with Gasteiger partial charge < -0.3 is 14.6 Å². The highest BCUT2D eigenvalue weighted by molar-refractivity contribution is 6.91. The van der Waals surface area contributed by atoms with Crippen LogP contribution in [0.5, 0.6) is 5.75 Å². The van der Waals surface area contributed by atoms with Crippen LogP contribution < -0.4 is 14.8 Å². The molecule has 4 atom stereocenters. The Morgan fingerprint density at radius 3 is 2.43 bits per heavy atom. The van der Waals surface area contributed by atoms with Gasteiger partial charge in [0.25, 0.3) is 0 Å². The number of carbonyl (C=O) groups excluding carboxylic acids is 1. The summed E-state index contributed by atoms with van der Waals surface area (Å²) in [5.74, 6) is 1.25. The molecule has 0 radical (unpaired) electrons. The molecule has 0 bridgehead atoms. The molecule has 1 amide bonds. The van der Waals surface area contributed by atoms with Crippen LogP contribution in [-0.4, -0.2) is 60.5 Å². The SMILES string of the molecule is COc1ccc([Si](C)(C)[C@H]2[C@H](C)[C@H](CCc3cccc(N(C=O)c4ccccc4)c3)O[C@@H]2CCn2cc(CCO)nn2)cc1. The average molecular weight is 613 g/mol. The molecule has 232 valence electrons. The normalized spacial score (nSPS) is 20.0. The molecule has 3 aromatic carbocycles. The predicted molar refractivity (Wildman–Crippen MR) is 177 cm³/mol. The minimum atomic E-state index is -1.97. The van der Waals surface area contributed by atoms with Gasteiger partial charge in [-0.05, 0) is 72.7 Å². The van der Waals surface area contributed by atoms with Gasteiger partial charge in [-0.2, -0.15) is 0 Å². The maximum atomic E-state index is 12.0. The Bertz CT molecular complexity index is 1490. The molecule has 0 saturated carbocycles. The first-order chi connectivity index (χ1) is 21.3. The number of aryl methyl sites for hydroxylation is 2. The summed E-state index contributed by atoms with van der Waals surface area (Å²) in [6, 6.07) is 26.6. The highest BCUT2D eigenvalue weighted by Gasteiger charge is 2.50. The van der Waals surface area contributed by atoms with Gasteiger partial charge in [0.2, 0.25) is 6.41 Å². The van der Waals surface area contributed by atoms with Gasteiger partial charge in [-0.3, -0.25) is 14.4 Å². The average Bonchev–Trinajstić information content (AvgIpc) is 3.63. The highest BCUT2D eigenvalue weighted by Crippen LogP contribution is 2.46. The topological polar surface area (TPSA) is 89.7 Å². The van der Waals surface area contributed by atoms with Crippen molar-refractivity contribution in [3.8, 4) is 5.75 Å². The number of aliphatic hydroxyl groups excluding tert-OH is 1. The molecule has 1 aliphatic rings. The van der Waals surface area contributed by atoms with Gasteiger partial charge in [-0.15, -0.1) is 5.10 Å². The Balaban J connectivity index is 1.34. The second-order valence-corrected chi connectivity index (χ2v) is 17.0. The van der Waals surface area contributed by atoms with E-state index in [9.17, 15) is 9.90 Å². The summed E-state index contributed by atoms with van der Waals surface area (Å²) in [7, 11) is -0.271. The fourth-order valence-corrected chi connectivity index (χ4v) is 11.0. The van der Waals surface area contributed by atoms with Crippen molar-refractivity contribution >= 4 is 31.0 Å². The molecule has 5 rings (SSSR count). The van der Waals surface area contributed by atoms with Crippen LogP contribution in [0.15, 0.2) is 85.1 Å². The molecule has 2 heterocycles. The lowest BCUT2D eigenvalue weighted by Gasteiger charge is -2.36. The zero-order valence-corrected chi connectivity index (χ0v) is 27.2. The van der Waals surface area contributed by atoms with E-state index in [2.05, 4.69) is 66.7 Å².